The molecule has 0 aliphatic carbocycles. The van der Waals surface area contributed by atoms with Crippen molar-refractivity contribution in [1.82, 2.24) is 9.62 Å². The van der Waals surface area contributed by atoms with Crippen molar-refractivity contribution in [2.75, 3.05) is 44.2 Å². The van der Waals surface area contributed by atoms with Crippen LogP contribution >= 0.6 is 50.5 Å². The zero-order valence-electron chi connectivity index (χ0n) is 20.1. The van der Waals surface area contributed by atoms with Crippen molar-refractivity contribution in [2.45, 2.75) is 70.8 Å². The SMILES string of the molecule is C=C(N)C1(S(=C)(=O)N2CCN(c3c(S)c(S)c(CCC)c(S)c3S)CC2)CCNCC1.CC. The number of nitrogens with one attached hydrogen (secondary N) is 1. The molecule has 0 aromatic heterocycles. The zero-order chi connectivity index (χ0) is 25.0. The molecule has 0 bridgehead atoms. The summed E-state index contributed by atoms with van der Waals surface area (Å²) in [5.41, 5.74) is 8.72. The molecular weight excluding hydrogens is 509 g/mol. The van der Waals surface area contributed by atoms with Gasteiger partial charge in [0.05, 0.1) is 10.4 Å². The first-order valence-electron chi connectivity index (χ1n) is 11.6. The molecule has 2 saturated heterocycles. The number of piperazine rings is 1. The molecule has 10 heteroatoms. The second kappa shape index (κ2) is 12.2. The Balaban J connectivity index is 0.00000187. The van der Waals surface area contributed by atoms with E-state index in [1.165, 1.54) is 0 Å². The van der Waals surface area contributed by atoms with Gasteiger partial charge in [-0.1, -0.05) is 33.8 Å². The molecule has 0 amide bonds. The van der Waals surface area contributed by atoms with Crippen LogP contribution in [0.15, 0.2) is 31.9 Å². The van der Waals surface area contributed by atoms with Gasteiger partial charge in [-0.15, -0.1) is 50.5 Å². The van der Waals surface area contributed by atoms with E-state index in [9.17, 15) is 4.21 Å². The normalized spacial score (nSPS) is 20.5. The molecule has 2 aliphatic rings. The molecule has 2 fully saturated rings. The second-order valence-corrected chi connectivity index (χ2v) is 12.7. The van der Waals surface area contributed by atoms with Crippen LogP contribution in [0.3, 0.4) is 0 Å². The van der Waals surface area contributed by atoms with Gasteiger partial charge in [0.1, 0.15) is 0 Å². The van der Waals surface area contributed by atoms with Gasteiger partial charge in [-0.3, -0.25) is 4.21 Å². The van der Waals surface area contributed by atoms with Gasteiger partial charge in [-0.05, 0) is 43.8 Å². The largest absolute Gasteiger partial charge is 0.401 e. The van der Waals surface area contributed by atoms with E-state index in [4.69, 9.17) is 56.2 Å². The molecular formula is C23H40N4OS5. The lowest BCUT2D eigenvalue weighted by molar-refractivity contribution is 0.371. The van der Waals surface area contributed by atoms with Crippen LogP contribution in [0.1, 0.15) is 45.6 Å². The van der Waals surface area contributed by atoms with Crippen LogP contribution in [0.4, 0.5) is 5.69 Å². The molecule has 1 unspecified atom stereocenters. The minimum Gasteiger partial charge on any atom is -0.401 e. The van der Waals surface area contributed by atoms with Crippen molar-refractivity contribution >= 4 is 71.8 Å². The highest BCUT2D eigenvalue weighted by atomic mass is 32.2. The van der Waals surface area contributed by atoms with Gasteiger partial charge in [0.2, 0.25) is 0 Å². The first kappa shape index (κ1) is 29.1. The summed E-state index contributed by atoms with van der Waals surface area (Å²) in [5.74, 6) is 4.22. The standard InChI is InChI=1S/C21H34N4OS5.C2H6/c1-4-5-15-17(27)19(29)16(20(30)18(15)28)24-10-12-25(13-11-24)31(3,26)21(14(2)22)6-8-23-9-7-21;1-2/h23,27-30H,2-13,22H2,1H3;1-2H3. The Hall–Kier alpha value is -0.100. The molecule has 1 aromatic rings. The van der Waals surface area contributed by atoms with Crippen molar-refractivity contribution in [3.05, 3.63) is 17.8 Å². The van der Waals surface area contributed by atoms with Gasteiger partial charge >= 0.3 is 0 Å². The number of anilines is 1. The van der Waals surface area contributed by atoms with Crippen LogP contribution in [0, 0.1) is 0 Å². The van der Waals surface area contributed by atoms with Crippen LogP contribution in [-0.4, -0.2) is 58.4 Å². The van der Waals surface area contributed by atoms with E-state index in [1.54, 1.807) is 0 Å². The third kappa shape index (κ3) is 5.52. The molecule has 1 atom stereocenters. The van der Waals surface area contributed by atoms with Crippen molar-refractivity contribution in [1.29, 1.82) is 0 Å². The fourth-order valence-electron chi connectivity index (χ4n) is 4.65. The Kier molecular flexibility index (Phi) is 10.8. The third-order valence-corrected chi connectivity index (χ3v) is 11.8. The average molecular weight is 549 g/mol. The molecule has 0 radical (unpaired) electrons. The molecule has 0 spiro atoms. The molecule has 3 rings (SSSR count). The lowest BCUT2D eigenvalue weighted by atomic mass is 9.94. The molecule has 2 aliphatic heterocycles. The van der Waals surface area contributed by atoms with Crippen molar-refractivity contribution in [3.8, 4) is 0 Å². The topological polar surface area (TPSA) is 61.6 Å². The van der Waals surface area contributed by atoms with E-state index in [-0.39, 0.29) is 0 Å². The molecule has 0 saturated carbocycles. The maximum atomic E-state index is 14.0. The minimum atomic E-state index is -2.63. The summed E-state index contributed by atoms with van der Waals surface area (Å²) in [5, 5.41) is 3.33. The van der Waals surface area contributed by atoms with Gasteiger partial charge in [-0.2, -0.15) is 0 Å². The maximum absolute atomic E-state index is 14.0. The Labute approximate surface area is 223 Å². The van der Waals surface area contributed by atoms with Crippen LogP contribution < -0.4 is 16.0 Å². The second-order valence-electron chi connectivity index (χ2n) is 8.30. The summed E-state index contributed by atoms with van der Waals surface area (Å²) >= 11 is 19.0. The lowest BCUT2D eigenvalue weighted by Crippen LogP contribution is -2.59. The van der Waals surface area contributed by atoms with Crippen LogP contribution in [0.2, 0.25) is 0 Å². The first-order valence-corrected chi connectivity index (χ1v) is 15.1. The summed E-state index contributed by atoms with van der Waals surface area (Å²) < 4.78 is 15.4. The zero-order valence-corrected chi connectivity index (χ0v) is 24.5. The Bertz CT molecular complexity index is 921. The number of benzene rings is 1. The molecule has 188 valence electrons. The van der Waals surface area contributed by atoms with E-state index in [1.807, 2.05) is 18.2 Å². The summed E-state index contributed by atoms with van der Waals surface area (Å²) in [6, 6.07) is 0. The van der Waals surface area contributed by atoms with Crippen LogP contribution in [0.5, 0.6) is 0 Å². The number of piperidine rings is 1. The molecule has 1 aromatic carbocycles. The number of hydrogen-bond acceptors (Lipinski definition) is 8. The Morgan fingerprint density at radius 1 is 1.03 bits per heavy atom. The average Bonchev–Trinajstić information content (AvgIpc) is 2.82. The highest BCUT2D eigenvalue weighted by molar-refractivity contribution is 7.99. The van der Waals surface area contributed by atoms with Crippen molar-refractivity contribution in [2.24, 2.45) is 5.73 Å². The van der Waals surface area contributed by atoms with Gasteiger partial charge in [0.25, 0.3) is 0 Å². The number of rotatable bonds is 6. The monoisotopic (exact) mass is 548 g/mol. The number of hydrogen-bond donors (Lipinski definition) is 6. The summed E-state index contributed by atoms with van der Waals surface area (Å²) in [6.07, 6.45) is 3.27. The van der Waals surface area contributed by atoms with Crippen molar-refractivity contribution < 1.29 is 4.21 Å². The predicted molar refractivity (Wildman–Crippen MR) is 158 cm³/mol. The van der Waals surface area contributed by atoms with Gasteiger partial charge < -0.3 is 16.0 Å². The number of nitrogens with two attached hydrogens (primary N) is 1. The Morgan fingerprint density at radius 3 is 1.94 bits per heavy atom. The minimum absolute atomic E-state index is 0.484. The van der Waals surface area contributed by atoms with Crippen molar-refractivity contribution in [3.63, 3.8) is 0 Å². The predicted octanol–water partition coefficient (Wildman–Crippen LogP) is 4.17. The summed E-state index contributed by atoms with van der Waals surface area (Å²) in [4.78, 5) is 5.60. The van der Waals surface area contributed by atoms with E-state index >= 15 is 0 Å². The highest BCUT2D eigenvalue weighted by Crippen LogP contribution is 2.44. The molecule has 33 heavy (non-hydrogen) atoms. The Morgan fingerprint density at radius 2 is 1.52 bits per heavy atom. The fourth-order valence-corrected chi connectivity index (χ4v) is 8.76. The van der Waals surface area contributed by atoms with Gasteiger partial charge in [-0.25, -0.2) is 4.31 Å². The fraction of sp³-hybridized carbons (Fsp3) is 0.609. The van der Waals surface area contributed by atoms with Gasteiger partial charge in [0.15, 0.2) is 0 Å². The summed E-state index contributed by atoms with van der Waals surface area (Å²) in [6.45, 7) is 14.3. The number of nitrogens with zero attached hydrogens (tertiary/aromatic N) is 2. The highest BCUT2D eigenvalue weighted by Gasteiger charge is 2.45. The molecule has 5 nitrogen and oxygen atoms in total. The van der Waals surface area contributed by atoms with E-state index in [0.29, 0.717) is 44.7 Å². The van der Waals surface area contributed by atoms with Crippen LogP contribution in [0.25, 0.3) is 0 Å². The summed E-state index contributed by atoms with van der Waals surface area (Å²) in [7, 11) is -2.63. The van der Waals surface area contributed by atoms with E-state index in [0.717, 1.165) is 56.8 Å². The van der Waals surface area contributed by atoms with E-state index < -0.39 is 14.5 Å². The lowest BCUT2D eigenvalue weighted by Gasteiger charge is -2.47. The third-order valence-electron chi connectivity index (χ3n) is 6.55. The first-order chi connectivity index (χ1) is 15.6. The molecule has 2 heterocycles. The smallest absolute Gasteiger partial charge is 0.0924 e. The number of thiol groups is 4. The quantitative estimate of drug-likeness (QED) is 0.239. The van der Waals surface area contributed by atoms with Gasteiger partial charge in [0, 0.05) is 61.2 Å². The molecule has 3 N–H and O–H groups in total. The van der Waals surface area contributed by atoms with E-state index in [2.05, 4.69) is 29.6 Å². The van der Waals surface area contributed by atoms with Crippen LogP contribution in [-0.2, 0) is 16.1 Å². The maximum Gasteiger partial charge on any atom is 0.0924 e.